The van der Waals surface area contributed by atoms with Crippen LogP contribution in [0.1, 0.15) is 11.1 Å². The minimum atomic E-state index is -0.113. The van der Waals surface area contributed by atoms with Gasteiger partial charge in [-0.15, -0.1) is 0 Å². The van der Waals surface area contributed by atoms with E-state index in [1.165, 1.54) is 5.56 Å². The van der Waals surface area contributed by atoms with Crippen LogP contribution in [-0.2, 0) is 0 Å². The molecule has 3 aromatic rings. The lowest BCUT2D eigenvalue weighted by molar-refractivity contribution is 0.208. The molecule has 0 atom stereocenters. The molecule has 4 rings (SSSR count). The van der Waals surface area contributed by atoms with Gasteiger partial charge >= 0.3 is 6.03 Å². The van der Waals surface area contributed by atoms with Crippen LogP contribution in [0.15, 0.2) is 54.9 Å². The van der Waals surface area contributed by atoms with Gasteiger partial charge in [-0.2, -0.15) is 0 Å². The number of aryl methyl sites for hydroxylation is 2. The Kier molecular flexibility index (Phi) is 5.86. The molecule has 30 heavy (non-hydrogen) atoms. The molecule has 2 amide bonds. The molecule has 1 aliphatic rings. The minimum absolute atomic E-state index is 0.113. The largest absolute Gasteiger partial charge is 0.353 e. The van der Waals surface area contributed by atoms with Gasteiger partial charge in [0.05, 0.1) is 5.69 Å². The topological polar surface area (TPSA) is 61.4 Å². The normalized spacial score (nSPS) is 14.0. The van der Waals surface area contributed by atoms with Crippen molar-refractivity contribution in [2.45, 2.75) is 13.8 Å². The number of piperazine rings is 1. The molecule has 154 valence electrons. The molecule has 7 heteroatoms. The zero-order valence-electron chi connectivity index (χ0n) is 17.1. The highest BCUT2D eigenvalue weighted by Gasteiger charge is 2.22. The fourth-order valence-corrected chi connectivity index (χ4v) is 3.59. The SMILES string of the molecule is Cc1ccc(-c2cc(N3CCN(C(=O)Nc4ccc(C)c(Cl)c4)CC3)ncn2)cc1. The lowest BCUT2D eigenvalue weighted by atomic mass is 10.1. The van der Waals surface area contributed by atoms with Gasteiger partial charge in [-0.1, -0.05) is 47.5 Å². The van der Waals surface area contributed by atoms with Gasteiger partial charge < -0.3 is 15.1 Å². The van der Waals surface area contributed by atoms with E-state index in [0.717, 1.165) is 22.6 Å². The second-order valence-electron chi connectivity index (χ2n) is 7.50. The standard InChI is InChI=1S/C23H24ClN5O/c1-16-3-6-18(7-4-16)21-14-22(26-15-25-21)28-9-11-29(12-10-28)23(30)27-19-8-5-17(2)20(24)13-19/h3-8,13-15H,9-12H2,1-2H3,(H,27,30). The van der Waals surface area contributed by atoms with Crippen LogP contribution < -0.4 is 10.2 Å². The number of amides is 2. The van der Waals surface area contributed by atoms with E-state index in [-0.39, 0.29) is 6.03 Å². The number of anilines is 2. The van der Waals surface area contributed by atoms with E-state index in [1.54, 1.807) is 12.4 Å². The van der Waals surface area contributed by atoms with Crippen molar-refractivity contribution in [2.24, 2.45) is 0 Å². The number of hydrogen-bond donors (Lipinski definition) is 1. The molecule has 1 N–H and O–H groups in total. The molecule has 0 saturated carbocycles. The lowest BCUT2D eigenvalue weighted by Crippen LogP contribution is -2.50. The van der Waals surface area contributed by atoms with Crippen LogP contribution in [-0.4, -0.2) is 47.1 Å². The van der Waals surface area contributed by atoms with Crippen molar-refractivity contribution in [3.63, 3.8) is 0 Å². The second-order valence-corrected chi connectivity index (χ2v) is 7.90. The number of urea groups is 1. The summed E-state index contributed by atoms with van der Waals surface area (Å²) in [4.78, 5) is 25.5. The summed E-state index contributed by atoms with van der Waals surface area (Å²) in [6.07, 6.45) is 1.60. The van der Waals surface area contributed by atoms with Crippen molar-refractivity contribution in [1.29, 1.82) is 0 Å². The average molecular weight is 422 g/mol. The molecule has 6 nitrogen and oxygen atoms in total. The maximum atomic E-state index is 12.6. The van der Waals surface area contributed by atoms with Gasteiger partial charge in [-0.25, -0.2) is 14.8 Å². The molecule has 1 aromatic heterocycles. The monoisotopic (exact) mass is 421 g/mol. The van der Waals surface area contributed by atoms with Crippen molar-refractivity contribution in [3.05, 3.63) is 71.0 Å². The number of nitrogens with zero attached hydrogens (tertiary/aromatic N) is 4. The number of nitrogens with one attached hydrogen (secondary N) is 1. The summed E-state index contributed by atoms with van der Waals surface area (Å²) < 4.78 is 0. The molecule has 1 aliphatic heterocycles. The maximum absolute atomic E-state index is 12.6. The number of hydrogen-bond acceptors (Lipinski definition) is 4. The highest BCUT2D eigenvalue weighted by molar-refractivity contribution is 6.31. The molecule has 2 aromatic carbocycles. The number of carbonyl (C=O) groups excluding carboxylic acids is 1. The first-order valence-electron chi connectivity index (χ1n) is 9.96. The lowest BCUT2D eigenvalue weighted by Gasteiger charge is -2.35. The quantitative estimate of drug-likeness (QED) is 0.661. The van der Waals surface area contributed by atoms with Crippen LogP contribution in [0.4, 0.5) is 16.3 Å². The molecule has 2 heterocycles. The van der Waals surface area contributed by atoms with Gasteiger partial charge in [0.15, 0.2) is 0 Å². The predicted octanol–water partition coefficient (Wildman–Crippen LogP) is 4.77. The second kappa shape index (κ2) is 8.71. The Labute approximate surface area is 181 Å². The van der Waals surface area contributed by atoms with Gasteiger partial charge in [0.2, 0.25) is 0 Å². The Morgan fingerprint density at radius 1 is 0.967 bits per heavy atom. The van der Waals surface area contributed by atoms with Crippen LogP contribution in [0.5, 0.6) is 0 Å². The Morgan fingerprint density at radius 3 is 2.40 bits per heavy atom. The first-order chi connectivity index (χ1) is 14.5. The molecule has 1 saturated heterocycles. The van der Waals surface area contributed by atoms with Gasteiger partial charge in [0, 0.05) is 48.5 Å². The smallest absolute Gasteiger partial charge is 0.321 e. The maximum Gasteiger partial charge on any atom is 0.321 e. The van der Waals surface area contributed by atoms with Crippen molar-refractivity contribution >= 4 is 29.1 Å². The van der Waals surface area contributed by atoms with Crippen molar-refractivity contribution in [3.8, 4) is 11.3 Å². The van der Waals surface area contributed by atoms with Crippen molar-refractivity contribution in [1.82, 2.24) is 14.9 Å². The summed E-state index contributed by atoms with van der Waals surface area (Å²) in [5.41, 5.74) is 4.88. The van der Waals surface area contributed by atoms with E-state index >= 15 is 0 Å². The molecule has 0 spiro atoms. The van der Waals surface area contributed by atoms with E-state index in [2.05, 4.69) is 51.4 Å². The summed E-state index contributed by atoms with van der Waals surface area (Å²) in [6, 6.07) is 15.7. The summed E-state index contributed by atoms with van der Waals surface area (Å²) in [5.74, 6) is 0.881. The predicted molar refractivity (Wildman–Crippen MR) is 121 cm³/mol. The molecule has 0 bridgehead atoms. The van der Waals surface area contributed by atoms with E-state index in [4.69, 9.17) is 11.6 Å². The highest BCUT2D eigenvalue weighted by atomic mass is 35.5. The van der Waals surface area contributed by atoms with Gasteiger partial charge in [0.1, 0.15) is 12.1 Å². The van der Waals surface area contributed by atoms with Crippen LogP contribution in [0.3, 0.4) is 0 Å². The van der Waals surface area contributed by atoms with Gasteiger partial charge in [-0.3, -0.25) is 0 Å². The van der Waals surface area contributed by atoms with Crippen LogP contribution in [0.25, 0.3) is 11.3 Å². The van der Waals surface area contributed by atoms with E-state index in [1.807, 2.05) is 30.0 Å². The number of rotatable bonds is 3. The Bertz CT molecular complexity index is 1050. The van der Waals surface area contributed by atoms with E-state index in [9.17, 15) is 4.79 Å². The van der Waals surface area contributed by atoms with Crippen molar-refractivity contribution < 1.29 is 4.79 Å². The van der Waals surface area contributed by atoms with Gasteiger partial charge in [-0.05, 0) is 31.5 Å². The third-order valence-electron chi connectivity index (χ3n) is 5.31. The molecule has 0 aliphatic carbocycles. The first-order valence-corrected chi connectivity index (χ1v) is 10.3. The molecule has 0 unspecified atom stereocenters. The summed E-state index contributed by atoms with van der Waals surface area (Å²) in [5, 5.41) is 3.57. The summed E-state index contributed by atoms with van der Waals surface area (Å²) in [7, 11) is 0. The fraction of sp³-hybridized carbons (Fsp3) is 0.261. The highest BCUT2D eigenvalue weighted by Crippen LogP contribution is 2.23. The van der Waals surface area contributed by atoms with Crippen LogP contribution in [0.2, 0.25) is 5.02 Å². The summed E-state index contributed by atoms with van der Waals surface area (Å²) in [6.45, 7) is 6.67. The third-order valence-corrected chi connectivity index (χ3v) is 5.72. The number of aromatic nitrogens is 2. The zero-order chi connectivity index (χ0) is 21.1. The number of benzene rings is 2. The molecule has 1 fully saturated rings. The van der Waals surface area contributed by atoms with Crippen molar-refractivity contribution in [2.75, 3.05) is 36.4 Å². The third kappa shape index (κ3) is 4.54. The Hall–Kier alpha value is -3.12. The minimum Gasteiger partial charge on any atom is -0.353 e. The Morgan fingerprint density at radius 2 is 1.70 bits per heavy atom. The Balaban J connectivity index is 1.38. The fourth-order valence-electron chi connectivity index (χ4n) is 3.41. The van der Waals surface area contributed by atoms with E-state index < -0.39 is 0 Å². The van der Waals surface area contributed by atoms with Crippen LogP contribution >= 0.6 is 11.6 Å². The number of carbonyl (C=O) groups is 1. The van der Waals surface area contributed by atoms with Gasteiger partial charge in [0.25, 0.3) is 0 Å². The number of halogens is 1. The molecular formula is C23H24ClN5O. The molecular weight excluding hydrogens is 398 g/mol. The van der Waals surface area contributed by atoms with Crippen LogP contribution in [0, 0.1) is 13.8 Å². The van der Waals surface area contributed by atoms with E-state index in [0.29, 0.717) is 36.9 Å². The first kappa shape index (κ1) is 20.2. The average Bonchev–Trinajstić information content (AvgIpc) is 2.77. The molecule has 0 radical (unpaired) electrons. The zero-order valence-corrected chi connectivity index (χ0v) is 17.9. The summed E-state index contributed by atoms with van der Waals surface area (Å²) >= 11 is 6.15.